The van der Waals surface area contributed by atoms with Gasteiger partial charge in [-0.05, 0) is 24.1 Å². The molecular formula is C14H18Cl2N4O2S. The van der Waals surface area contributed by atoms with Crippen LogP contribution in [0.5, 0.6) is 0 Å². The Morgan fingerprint density at radius 3 is 2.87 bits per heavy atom. The first-order valence-electron chi connectivity index (χ1n) is 6.97. The van der Waals surface area contributed by atoms with Gasteiger partial charge < -0.3 is 5.32 Å². The second kappa shape index (κ2) is 7.19. The molecule has 0 bridgehead atoms. The monoisotopic (exact) mass is 376 g/mol. The van der Waals surface area contributed by atoms with Gasteiger partial charge in [0, 0.05) is 19.6 Å². The number of benzene rings is 1. The van der Waals surface area contributed by atoms with Crippen LogP contribution in [0.15, 0.2) is 35.5 Å². The largest absolute Gasteiger partial charge is 0.308 e. The quantitative estimate of drug-likeness (QED) is 0.850. The zero-order chi connectivity index (χ0) is 15.7. The van der Waals surface area contributed by atoms with Crippen LogP contribution in [0.4, 0.5) is 0 Å². The summed E-state index contributed by atoms with van der Waals surface area (Å²) in [6, 6.07) is 8.02. The van der Waals surface area contributed by atoms with Crippen molar-refractivity contribution in [3.63, 3.8) is 0 Å². The minimum absolute atomic E-state index is 0. The van der Waals surface area contributed by atoms with E-state index in [2.05, 4.69) is 21.2 Å². The molecule has 23 heavy (non-hydrogen) atoms. The molecule has 2 aromatic rings. The van der Waals surface area contributed by atoms with Crippen LogP contribution in [0.2, 0.25) is 5.02 Å². The smallest absolute Gasteiger partial charge is 0.259 e. The van der Waals surface area contributed by atoms with E-state index in [4.69, 9.17) is 11.6 Å². The summed E-state index contributed by atoms with van der Waals surface area (Å²) in [5.74, 6) is 0. The molecule has 0 saturated heterocycles. The topological polar surface area (TPSA) is 76.0 Å². The first kappa shape index (κ1) is 18.2. The summed E-state index contributed by atoms with van der Waals surface area (Å²) in [6.07, 6.45) is 2.28. The zero-order valence-corrected chi connectivity index (χ0v) is 14.9. The number of aromatic nitrogens is 2. The highest BCUT2D eigenvalue weighted by atomic mass is 35.5. The van der Waals surface area contributed by atoms with Crippen molar-refractivity contribution >= 4 is 34.0 Å². The maximum Gasteiger partial charge on any atom is 0.259 e. The maximum atomic E-state index is 12.4. The van der Waals surface area contributed by atoms with Gasteiger partial charge in [0.05, 0.1) is 11.2 Å². The highest BCUT2D eigenvalue weighted by molar-refractivity contribution is 7.89. The SMILES string of the molecule is Cl.Cn1ncc(Cl)c1S(=O)(=O)NCC1NCCc2ccccc21. The third-order valence-corrected chi connectivity index (χ3v) is 5.72. The highest BCUT2D eigenvalue weighted by Crippen LogP contribution is 2.23. The molecule has 0 amide bonds. The Morgan fingerprint density at radius 1 is 1.43 bits per heavy atom. The molecule has 2 N–H and O–H groups in total. The minimum atomic E-state index is -3.70. The first-order valence-corrected chi connectivity index (χ1v) is 8.83. The summed E-state index contributed by atoms with van der Waals surface area (Å²) < 4.78 is 28.7. The summed E-state index contributed by atoms with van der Waals surface area (Å²) in [6.45, 7) is 1.09. The molecule has 0 spiro atoms. The summed E-state index contributed by atoms with van der Waals surface area (Å²) >= 11 is 5.91. The summed E-state index contributed by atoms with van der Waals surface area (Å²) in [7, 11) is -2.15. The number of sulfonamides is 1. The molecule has 1 aliphatic heterocycles. The van der Waals surface area contributed by atoms with Gasteiger partial charge in [0.2, 0.25) is 0 Å². The average molecular weight is 377 g/mol. The lowest BCUT2D eigenvalue weighted by atomic mass is 9.95. The van der Waals surface area contributed by atoms with Crippen molar-refractivity contribution in [2.75, 3.05) is 13.1 Å². The number of hydrogen-bond acceptors (Lipinski definition) is 4. The molecule has 1 aliphatic rings. The number of hydrogen-bond donors (Lipinski definition) is 2. The Bertz CT molecular complexity index is 772. The van der Waals surface area contributed by atoms with Crippen LogP contribution < -0.4 is 10.0 Å². The van der Waals surface area contributed by atoms with Crippen molar-refractivity contribution in [1.82, 2.24) is 19.8 Å². The Hall–Kier alpha value is -1.12. The van der Waals surface area contributed by atoms with Crippen molar-refractivity contribution in [2.45, 2.75) is 17.5 Å². The van der Waals surface area contributed by atoms with Crippen molar-refractivity contribution in [1.29, 1.82) is 0 Å². The van der Waals surface area contributed by atoms with E-state index in [9.17, 15) is 8.42 Å². The first-order chi connectivity index (χ1) is 10.5. The lowest BCUT2D eigenvalue weighted by molar-refractivity contribution is 0.489. The molecule has 1 aromatic heterocycles. The van der Waals surface area contributed by atoms with E-state index in [-0.39, 0.29) is 35.0 Å². The molecule has 0 saturated carbocycles. The maximum absolute atomic E-state index is 12.4. The van der Waals surface area contributed by atoms with Crippen LogP contribution in [0.1, 0.15) is 17.2 Å². The van der Waals surface area contributed by atoms with E-state index in [0.29, 0.717) is 0 Å². The molecular weight excluding hydrogens is 359 g/mol. The van der Waals surface area contributed by atoms with E-state index >= 15 is 0 Å². The summed E-state index contributed by atoms with van der Waals surface area (Å²) in [5.41, 5.74) is 2.39. The van der Waals surface area contributed by atoms with E-state index in [1.54, 1.807) is 7.05 Å². The zero-order valence-electron chi connectivity index (χ0n) is 12.5. The Balaban J connectivity index is 0.00000192. The predicted molar refractivity (Wildman–Crippen MR) is 91.5 cm³/mol. The number of nitrogens with one attached hydrogen (secondary N) is 2. The molecule has 1 unspecified atom stereocenters. The fourth-order valence-corrected chi connectivity index (χ4v) is 4.44. The number of aryl methyl sites for hydroxylation is 1. The Morgan fingerprint density at radius 2 is 2.17 bits per heavy atom. The van der Waals surface area contributed by atoms with Gasteiger partial charge in [0.25, 0.3) is 10.0 Å². The number of nitrogens with zero attached hydrogens (tertiary/aromatic N) is 2. The van der Waals surface area contributed by atoms with Crippen molar-refractivity contribution in [2.24, 2.45) is 7.05 Å². The number of fused-ring (bicyclic) bond motifs is 1. The van der Waals surface area contributed by atoms with Gasteiger partial charge in [-0.1, -0.05) is 35.9 Å². The molecule has 2 heterocycles. The molecule has 126 valence electrons. The van der Waals surface area contributed by atoms with Gasteiger partial charge >= 0.3 is 0 Å². The van der Waals surface area contributed by atoms with Crippen molar-refractivity contribution < 1.29 is 8.42 Å². The van der Waals surface area contributed by atoms with Gasteiger partial charge in [0.1, 0.15) is 0 Å². The third-order valence-electron chi connectivity index (χ3n) is 3.79. The Kier molecular flexibility index (Phi) is 5.70. The minimum Gasteiger partial charge on any atom is -0.308 e. The highest BCUT2D eigenvalue weighted by Gasteiger charge is 2.25. The van der Waals surface area contributed by atoms with Crippen LogP contribution in [-0.2, 0) is 23.5 Å². The van der Waals surface area contributed by atoms with Crippen LogP contribution in [0.25, 0.3) is 0 Å². The van der Waals surface area contributed by atoms with Crippen LogP contribution >= 0.6 is 24.0 Å². The average Bonchev–Trinajstić information content (AvgIpc) is 2.85. The lowest BCUT2D eigenvalue weighted by Gasteiger charge is -2.27. The van der Waals surface area contributed by atoms with Gasteiger partial charge in [0.15, 0.2) is 5.03 Å². The van der Waals surface area contributed by atoms with Crippen molar-refractivity contribution in [3.05, 3.63) is 46.6 Å². The molecule has 0 radical (unpaired) electrons. The van der Waals surface area contributed by atoms with E-state index in [0.717, 1.165) is 18.5 Å². The fourth-order valence-electron chi connectivity index (χ4n) is 2.74. The van der Waals surface area contributed by atoms with Crippen LogP contribution in [0.3, 0.4) is 0 Å². The number of rotatable bonds is 4. The van der Waals surface area contributed by atoms with Crippen molar-refractivity contribution in [3.8, 4) is 0 Å². The molecule has 6 nitrogen and oxygen atoms in total. The number of halogens is 2. The van der Waals surface area contributed by atoms with Gasteiger partial charge in [-0.25, -0.2) is 13.1 Å². The summed E-state index contributed by atoms with van der Waals surface area (Å²) in [5, 5.41) is 7.31. The Labute approximate surface area is 146 Å². The molecule has 0 aliphatic carbocycles. The van der Waals surface area contributed by atoms with E-state index in [1.807, 2.05) is 18.2 Å². The third kappa shape index (κ3) is 3.70. The molecule has 1 atom stereocenters. The van der Waals surface area contributed by atoms with Crippen LogP contribution in [-0.4, -0.2) is 31.3 Å². The normalized spacial score (nSPS) is 17.4. The molecule has 9 heteroatoms. The van der Waals surface area contributed by atoms with Gasteiger partial charge in [-0.2, -0.15) is 5.10 Å². The molecule has 3 rings (SSSR count). The molecule has 1 aromatic carbocycles. The lowest BCUT2D eigenvalue weighted by Crippen LogP contribution is -2.39. The van der Waals surface area contributed by atoms with E-state index < -0.39 is 10.0 Å². The fraction of sp³-hybridized carbons (Fsp3) is 0.357. The van der Waals surface area contributed by atoms with Gasteiger partial charge in [-0.15, -0.1) is 12.4 Å². The van der Waals surface area contributed by atoms with Crippen LogP contribution in [0, 0.1) is 0 Å². The second-order valence-electron chi connectivity index (χ2n) is 5.23. The van der Waals surface area contributed by atoms with Gasteiger partial charge in [-0.3, -0.25) is 4.68 Å². The predicted octanol–water partition coefficient (Wildman–Crippen LogP) is 1.66. The second-order valence-corrected chi connectivity index (χ2v) is 7.32. The van der Waals surface area contributed by atoms with E-state index in [1.165, 1.54) is 16.4 Å². The summed E-state index contributed by atoms with van der Waals surface area (Å²) in [4.78, 5) is 0. The molecule has 0 fully saturated rings. The standard InChI is InChI=1S/C14H17ClN4O2S.ClH/c1-19-14(12(15)8-17-19)22(20,21)18-9-13-11-5-3-2-4-10(11)6-7-16-13;/h2-5,8,13,16,18H,6-7,9H2,1H3;1H.